The first-order valence-corrected chi connectivity index (χ1v) is 8.01. The average molecular weight is 343 g/mol. The van der Waals surface area contributed by atoms with Crippen LogP contribution >= 0.6 is 0 Å². The molecular weight excluding hydrogens is 325 g/mol. The molecule has 3 rings (SSSR count). The van der Waals surface area contributed by atoms with Gasteiger partial charge in [0.2, 0.25) is 0 Å². The normalized spacial score (nSPS) is 17.2. The van der Waals surface area contributed by atoms with Crippen molar-refractivity contribution in [2.24, 2.45) is 5.73 Å². The lowest BCUT2D eigenvalue weighted by atomic mass is 10.1. The third-order valence-electron chi connectivity index (χ3n) is 4.06. The number of nitrogens with zero attached hydrogens (tertiary/aromatic N) is 2. The van der Waals surface area contributed by atoms with Crippen molar-refractivity contribution in [3.05, 3.63) is 59.7 Å². The van der Waals surface area contributed by atoms with E-state index in [1.54, 1.807) is 23.1 Å². The van der Waals surface area contributed by atoms with E-state index >= 15 is 0 Å². The number of aromatic nitrogens is 1. The summed E-state index contributed by atoms with van der Waals surface area (Å²) in [6.07, 6.45) is 2.71. The average Bonchev–Trinajstić information content (AvgIpc) is 2.62. The van der Waals surface area contributed by atoms with E-state index in [0.717, 1.165) is 12.8 Å². The zero-order valence-electron chi connectivity index (χ0n) is 13.5. The van der Waals surface area contributed by atoms with Crippen LogP contribution in [0.3, 0.4) is 0 Å². The zero-order valence-corrected chi connectivity index (χ0v) is 13.5. The summed E-state index contributed by atoms with van der Waals surface area (Å²) in [7, 11) is 0. The smallest absolute Gasteiger partial charge is 0.267 e. The minimum absolute atomic E-state index is 0.0584. The largest absolute Gasteiger partial charge is 0.488 e. The molecule has 1 aliphatic rings. The predicted octanol–water partition coefficient (Wildman–Crippen LogP) is 2.00. The fourth-order valence-corrected chi connectivity index (χ4v) is 2.84. The number of amides is 2. The highest BCUT2D eigenvalue weighted by Crippen LogP contribution is 2.21. The highest BCUT2D eigenvalue weighted by molar-refractivity contribution is 5.94. The summed E-state index contributed by atoms with van der Waals surface area (Å²) in [5, 5.41) is 0. The van der Waals surface area contributed by atoms with Crippen molar-refractivity contribution in [2.45, 2.75) is 18.9 Å². The number of rotatable bonds is 4. The number of nitrogens with two attached hydrogens (primary N) is 1. The molecule has 0 aliphatic carbocycles. The molecule has 2 heterocycles. The minimum Gasteiger partial charge on any atom is -0.488 e. The topological polar surface area (TPSA) is 85.5 Å². The van der Waals surface area contributed by atoms with Gasteiger partial charge in [-0.05, 0) is 31.0 Å². The number of hydrogen-bond acceptors (Lipinski definition) is 4. The third kappa shape index (κ3) is 3.93. The number of ether oxygens (including phenoxy) is 1. The molecule has 0 spiro atoms. The number of carbonyl (C=O) groups is 2. The van der Waals surface area contributed by atoms with Crippen LogP contribution in [-0.4, -0.2) is 40.9 Å². The fourth-order valence-electron chi connectivity index (χ4n) is 2.84. The number of pyridine rings is 1. The van der Waals surface area contributed by atoms with Crippen molar-refractivity contribution in [2.75, 3.05) is 13.1 Å². The first-order chi connectivity index (χ1) is 12.0. The van der Waals surface area contributed by atoms with Crippen molar-refractivity contribution in [3.63, 3.8) is 0 Å². The Morgan fingerprint density at radius 1 is 1.28 bits per heavy atom. The van der Waals surface area contributed by atoms with E-state index in [2.05, 4.69) is 4.98 Å². The van der Waals surface area contributed by atoms with Gasteiger partial charge in [0.15, 0.2) is 0 Å². The van der Waals surface area contributed by atoms with Crippen molar-refractivity contribution in [1.29, 1.82) is 0 Å². The van der Waals surface area contributed by atoms with Crippen LogP contribution in [0.2, 0.25) is 0 Å². The van der Waals surface area contributed by atoms with Gasteiger partial charge in [-0.25, -0.2) is 4.39 Å². The highest BCUT2D eigenvalue weighted by atomic mass is 19.1. The van der Waals surface area contributed by atoms with Crippen LogP contribution in [0, 0.1) is 5.82 Å². The molecule has 7 heteroatoms. The van der Waals surface area contributed by atoms with Gasteiger partial charge in [0.1, 0.15) is 23.4 Å². The molecule has 0 radical (unpaired) electrons. The van der Waals surface area contributed by atoms with Gasteiger partial charge in [0, 0.05) is 18.8 Å². The number of hydrogen-bond donors (Lipinski definition) is 1. The minimum atomic E-state index is -0.634. The van der Waals surface area contributed by atoms with Gasteiger partial charge < -0.3 is 15.4 Å². The van der Waals surface area contributed by atoms with E-state index in [1.165, 1.54) is 24.4 Å². The van der Waals surface area contributed by atoms with Crippen LogP contribution in [0.1, 0.15) is 33.7 Å². The molecule has 2 amide bonds. The first-order valence-electron chi connectivity index (χ1n) is 8.01. The molecule has 2 aromatic rings. The van der Waals surface area contributed by atoms with Gasteiger partial charge in [0.25, 0.3) is 11.8 Å². The summed E-state index contributed by atoms with van der Waals surface area (Å²) in [4.78, 5) is 29.2. The molecule has 1 unspecified atom stereocenters. The Hall–Kier alpha value is -2.96. The molecule has 130 valence electrons. The number of benzene rings is 1. The molecule has 1 atom stereocenters. The maximum absolute atomic E-state index is 13.8. The maximum Gasteiger partial charge on any atom is 0.267 e. The molecule has 6 nitrogen and oxygen atoms in total. The monoisotopic (exact) mass is 343 g/mol. The van der Waals surface area contributed by atoms with Crippen molar-refractivity contribution in [3.8, 4) is 5.75 Å². The van der Waals surface area contributed by atoms with Gasteiger partial charge in [-0.1, -0.05) is 12.1 Å². The fraction of sp³-hybridized carbons (Fsp3) is 0.278. The van der Waals surface area contributed by atoms with Gasteiger partial charge >= 0.3 is 0 Å². The third-order valence-corrected chi connectivity index (χ3v) is 4.06. The Morgan fingerprint density at radius 3 is 2.84 bits per heavy atom. The summed E-state index contributed by atoms with van der Waals surface area (Å²) in [6, 6.07) is 9.03. The molecule has 0 saturated carbocycles. The Kier molecular flexibility index (Phi) is 4.92. The molecule has 1 saturated heterocycles. The number of carbonyl (C=O) groups excluding carboxylic acids is 2. The molecule has 1 aromatic carbocycles. The molecule has 1 fully saturated rings. The second-order valence-electron chi connectivity index (χ2n) is 5.85. The number of piperidine rings is 1. The standard InChI is InChI=1S/C18H18FN3O3/c19-15-6-2-1-5-14(15)18(24)22-9-3-4-13(11-22)25-12-7-8-21-16(10-12)17(20)23/h1-2,5-8,10,13H,3-4,9,11H2,(H2,20,23). The number of halogens is 1. The summed E-state index contributed by atoms with van der Waals surface area (Å²) in [5.41, 5.74) is 5.39. The van der Waals surface area contributed by atoms with Crippen molar-refractivity contribution >= 4 is 11.8 Å². The summed E-state index contributed by atoms with van der Waals surface area (Å²) in [6.45, 7) is 0.900. The molecule has 1 aromatic heterocycles. The van der Waals surface area contributed by atoms with Crippen LogP contribution in [0.4, 0.5) is 4.39 Å². The highest BCUT2D eigenvalue weighted by Gasteiger charge is 2.27. The number of likely N-dealkylation sites (tertiary alicyclic amines) is 1. The van der Waals surface area contributed by atoms with Gasteiger partial charge in [-0.15, -0.1) is 0 Å². The van der Waals surface area contributed by atoms with Gasteiger partial charge in [-0.3, -0.25) is 14.6 Å². The second kappa shape index (κ2) is 7.29. The lowest BCUT2D eigenvalue weighted by Crippen LogP contribution is -2.44. The Morgan fingerprint density at radius 2 is 2.08 bits per heavy atom. The Labute approximate surface area is 144 Å². The maximum atomic E-state index is 13.8. The molecular formula is C18H18FN3O3. The van der Waals surface area contributed by atoms with Crippen molar-refractivity contribution < 1.29 is 18.7 Å². The predicted molar refractivity (Wildman–Crippen MR) is 88.7 cm³/mol. The quantitative estimate of drug-likeness (QED) is 0.920. The van der Waals surface area contributed by atoms with Crippen LogP contribution in [-0.2, 0) is 0 Å². The second-order valence-corrected chi connectivity index (χ2v) is 5.85. The van der Waals surface area contributed by atoms with E-state index in [-0.39, 0.29) is 23.3 Å². The SMILES string of the molecule is NC(=O)c1cc(OC2CCCN(C(=O)c3ccccc3F)C2)ccn1. The Balaban J connectivity index is 1.69. The van der Waals surface area contributed by atoms with Crippen LogP contribution in [0.25, 0.3) is 0 Å². The van der Waals surface area contributed by atoms with E-state index in [4.69, 9.17) is 10.5 Å². The Bertz CT molecular complexity index is 797. The number of primary amides is 1. The van der Waals surface area contributed by atoms with Crippen LogP contribution in [0.15, 0.2) is 42.6 Å². The molecule has 25 heavy (non-hydrogen) atoms. The van der Waals surface area contributed by atoms with Crippen molar-refractivity contribution in [1.82, 2.24) is 9.88 Å². The lowest BCUT2D eigenvalue weighted by Gasteiger charge is -2.33. The molecule has 2 N–H and O–H groups in total. The van der Waals surface area contributed by atoms with Crippen LogP contribution < -0.4 is 10.5 Å². The van der Waals surface area contributed by atoms with Gasteiger partial charge in [0.05, 0.1) is 12.1 Å². The zero-order chi connectivity index (χ0) is 17.8. The van der Waals surface area contributed by atoms with E-state index < -0.39 is 11.7 Å². The van der Waals surface area contributed by atoms with Crippen LogP contribution in [0.5, 0.6) is 5.75 Å². The lowest BCUT2D eigenvalue weighted by molar-refractivity contribution is 0.0533. The van der Waals surface area contributed by atoms with Gasteiger partial charge in [-0.2, -0.15) is 0 Å². The molecule has 0 bridgehead atoms. The summed E-state index contributed by atoms with van der Waals surface area (Å²) >= 11 is 0. The summed E-state index contributed by atoms with van der Waals surface area (Å²) < 4.78 is 19.7. The summed E-state index contributed by atoms with van der Waals surface area (Å²) in [5.74, 6) is -1.05. The first kappa shape index (κ1) is 16.9. The molecule has 1 aliphatic heterocycles. The van der Waals surface area contributed by atoms with E-state index in [1.807, 2.05) is 0 Å². The van der Waals surface area contributed by atoms with E-state index in [9.17, 15) is 14.0 Å². The van der Waals surface area contributed by atoms with E-state index in [0.29, 0.717) is 18.8 Å².